The molecule has 0 saturated heterocycles. The fourth-order valence-electron chi connectivity index (χ4n) is 3.29. The molecule has 0 fully saturated rings. The number of carbonyl (C=O) groups excluding carboxylic acids is 1. The molecule has 170 valence electrons. The number of sulfonamides is 1. The molecule has 0 spiro atoms. The van der Waals surface area contributed by atoms with E-state index < -0.39 is 10.0 Å². The van der Waals surface area contributed by atoms with E-state index in [0.29, 0.717) is 41.6 Å². The molecule has 3 aromatic rings. The van der Waals surface area contributed by atoms with Crippen LogP contribution in [0.5, 0.6) is 11.5 Å². The van der Waals surface area contributed by atoms with Gasteiger partial charge in [-0.2, -0.15) is 4.31 Å². The second-order valence-electron chi connectivity index (χ2n) is 7.19. The summed E-state index contributed by atoms with van der Waals surface area (Å²) in [6.45, 7) is 7.74. The molecule has 1 heterocycles. The molecule has 1 aromatic heterocycles. The number of ether oxygens (including phenoxy) is 1. The first-order chi connectivity index (χ1) is 15.3. The summed E-state index contributed by atoms with van der Waals surface area (Å²) in [5, 5.41) is 6.66. The Balaban J connectivity index is 1.96. The lowest BCUT2D eigenvalue weighted by molar-refractivity contribution is -0.115. The number of amides is 1. The summed E-state index contributed by atoms with van der Waals surface area (Å²) in [4.78, 5) is 12.9. The van der Waals surface area contributed by atoms with Gasteiger partial charge in [-0.3, -0.25) is 4.79 Å². The van der Waals surface area contributed by atoms with Crippen molar-refractivity contribution in [3.05, 3.63) is 65.5 Å². The minimum absolute atomic E-state index is 0.0406. The summed E-state index contributed by atoms with van der Waals surface area (Å²) < 4.78 is 38.4. The number of benzene rings is 2. The van der Waals surface area contributed by atoms with Crippen LogP contribution in [0.25, 0.3) is 0 Å². The van der Waals surface area contributed by atoms with E-state index in [1.54, 1.807) is 45.9 Å². The molecule has 1 N–H and O–H groups in total. The van der Waals surface area contributed by atoms with Gasteiger partial charge in [0.1, 0.15) is 11.5 Å². The van der Waals surface area contributed by atoms with Crippen LogP contribution in [0.15, 0.2) is 57.9 Å². The highest BCUT2D eigenvalue weighted by atomic mass is 32.2. The smallest absolute Gasteiger partial charge is 0.243 e. The van der Waals surface area contributed by atoms with Crippen molar-refractivity contribution in [1.29, 1.82) is 0 Å². The molecule has 0 aliphatic heterocycles. The maximum absolute atomic E-state index is 13.0. The highest BCUT2D eigenvalue weighted by molar-refractivity contribution is 7.89. The molecule has 3 rings (SSSR count). The Morgan fingerprint density at radius 3 is 2.38 bits per heavy atom. The number of carbonyl (C=O) groups is 1. The third-order valence-corrected chi connectivity index (χ3v) is 7.10. The Kier molecular flexibility index (Phi) is 7.32. The third kappa shape index (κ3) is 5.17. The SMILES string of the molecule is CCN(CC)S(=O)(=O)c1ccc(Oc2ccccc2)c(NC(=O)Cc2c(C)noc2C)c1. The molecule has 0 atom stereocenters. The minimum Gasteiger partial charge on any atom is -0.455 e. The topological polar surface area (TPSA) is 102 Å². The number of nitrogens with one attached hydrogen (secondary N) is 1. The van der Waals surface area contributed by atoms with E-state index in [2.05, 4.69) is 10.5 Å². The zero-order chi connectivity index (χ0) is 23.3. The average Bonchev–Trinajstić information content (AvgIpc) is 3.08. The standard InChI is InChI=1S/C23H27N3O5S/c1-5-26(6-2)32(28,29)19-12-13-22(30-18-10-8-7-9-11-18)21(14-19)24-23(27)15-20-16(3)25-31-17(20)4/h7-14H,5-6,15H2,1-4H3,(H,24,27). The van der Waals surface area contributed by atoms with Crippen LogP contribution < -0.4 is 10.1 Å². The predicted molar refractivity (Wildman–Crippen MR) is 121 cm³/mol. The van der Waals surface area contributed by atoms with Crippen LogP contribution in [0.3, 0.4) is 0 Å². The quantitative estimate of drug-likeness (QED) is 0.514. The summed E-state index contributed by atoms with van der Waals surface area (Å²) in [7, 11) is -3.71. The summed E-state index contributed by atoms with van der Waals surface area (Å²) in [6.07, 6.45) is 0.0406. The van der Waals surface area contributed by atoms with Gasteiger partial charge in [-0.25, -0.2) is 8.42 Å². The van der Waals surface area contributed by atoms with Crippen LogP contribution in [0.2, 0.25) is 0 Å². The van der Waals surface area contributed by atoms with Crippen molar-refractivity contribution in [2.75, 3.05) is 18.4 Å². The molecule has 8 nitrogen and oxygen atoms in total. The Labute approximate surface area is 188 Å². The highest BCUT2D eigenvalue weighted by Gasteiger charge is 2.24. The second-order valence-corrected chi connectivity index (χ2v) is 9.13. The molecule has 2 aromatic carbocycles. The van der Waals surface area contributed by atoms with Crippen molar-refractivity contribution in [3.63, 3.8) is 0 Å². The molecule has 9 heteroatoms. The zero-order valence-corrected chi connectivity index (χ0v) is 19.4. The normalized spacial score (nSPS) is 11.5. The van der Waals surface area contributed by atoms with Gasteiger partial charge in [-0.05, 0) is 44.2 Å². The van der Waals surface area contributed by atoms with E-state index in [1.807, 2.05) is 18.2 Å². The minimum atomic E-state index is -3.71. The van der Waals surface area contributed by atoms with Crippen molar-refractivity contribution in [2.24, 2.45) is 0 Å². The van der Waals surface area contributed by atoms with Crippen LogP contribution in [-0.4, -0.2) is 36.9 Å². The number of aromatic nitrogens is 1. The fourth-order valence-corrected chi connectivity index (χ4v) is 4.78. The molecule has 32 heavy (non-hydrogen) atoms. The maximum atomic E-state index is 13.0. The first-order valence-electron chi connectivity index (χ1n) is 10.3. The van der Waals surface area contributed by atoms with E-state index in [9.17, 15) is 13.2 Å². The van der Waals surface area contributed by atoms with E-state index in [4.69, 9.17) is 9.26 Å². The number of para-hydroxylation sites is 1. The maximum Gasteiger partial charge on any atom is 0.243 e. The molecular formula is C23H27N3O5S. The van der Waals surface area contributed by atoms with Crippen LogP contribution >= 0.6 is 0 Å². The van der Waals surface area contributed by atoms with Crippen LogP contribution in [0.1, 0.15) is 30.9 Å². The van der Waals surface area contributed by atoms with Gasteiger partial charge in [0, 0.05) is 18.7 Å². The number of nitrogens with zero attached hydrogens (tertiary/aromatic N) is 2. The van der Waals surface area contributed by atoms with Crippen molar-refractivity contribution >= 4 is 21.6 Å². The summed E-state index contributed by atoms with van der Waals surface area (Å²) >= 11 is 0. The van der Waals surface area contributed by atoms with Gasteiger partial charge in [0.05, 0.1) is 22.7 Å². The van der Waals surface area contributed by atoms with Gasteiger partial charge >= 0.3 is 0 Å². The second kappa shape index (κ2) is 9.97. The molecule has 0 aliphatic carbocycles. The van der Waals surface area contributed by atoms with E-state index in [-0.39, 0.29) is 22.9 Å². The summed E-state index contributed by atoms with van der Waals surface area (Å²) in [6, 6.07) is 13.5. The largest absolute Gasteiger partial charge is 0.455 e. The van der Waals surface area contributed by atoms with Gasteiger partial charge in [-0.15, -0.1) is 0 Å². The van der Waals surface area contributed by atoms with Gasteiger partial charge in [-0.1, -0.05) is 37.2 Å². The first kappa shape index (κ1) is 23.5. The van der Waals surface area contributed by atoms with Crippen molar-refractivity contribution in [2.45, 2.75) is 39.0 Å². The highest BCUT2D eigenvalue weighted by Crippen LogP contribution is 2.33. The Morgan fingerprint density at radius 1 is 1.09 bits per heavy atom. The molecule has 0 aliphatic rings. The Morgan fingerprint density at radius 2 is 1.78 bits per heavy atom. The lowest BCUT2D eigenvalue weighted by Gasteiger charge is -2.20. The Hall–Kier alpha value is -3.17. The lowest BCUT2D eigenvalue weighted by atomic mass is 10.1. The number of aryl methyl sites for hydroxylation is 2. The van der Waals surface area contributed by atoms with E-state index in [0.717, 1.165) is 0 Å². The molecule has 0 radical (unpaired) electrons. The fraction of sp³-hybridized carbons (Fsp3) is 0.304. The molecule has 0 unspecified atom stereocenters. The van der Waals surface area contributed by atoms with Gasteiger partial charge in [0.15, 0.2) is 5.75 Å². The predicted octanol–water partition coefficient (Wildman–Crippen LogP) is 4.30. The number of hydrogen-bond donors (Lipinski definition) is 1. The van der Waals surface area contributed by atoms with E-state index >= 15 is 0 Å². The van der Waals surface area contributed by atoms with Crippen molar-refractivity contribution in [1.82, 2.24) is 9.46 Å². The third-order valence-electron chi connectivity index (χ3n) is 5.06. The number of hydrogen-bond acceptors (Lipinski definition) is 6. The van der Waals surface area contributed by atoms with Crippen LogP contribution in [0, 0.1) is 13.8 Å². The zero-order valence-electron chi connectivity index (χ0n) is 18.6. The van der Waals surface area contributed by atoms with Crippen molar-refractivity contribution in [3.8, 4) is 11.5 Å². The average molecular weight is 458 g/mol. The molecular weight excluding hydrogens is 430 g/mol. The number of anilines is 1. The van der Waals surface area contributed by atoms with Crippen LogP contribution in [-0.2, 0) is 21.2 Å². The summed E-state index contributed by atoms with van der Waals surface area (Å²) in [5.74, 6) is 1.13. The lowest BCUT2D eigenvalue weighted by Crippen LogP contribution is -2.30. The van der Waals surface area contributed by atoms with Gasteiger partial charge in [0.25, 0.3) is 0 Å². The molecule has 1 amide bonds. The molecule has 0 bridgehead atoms. The van der Waals surface area contributed by atoms with Crippen molar-refractivity contribution < 1.29 is 22.5 Å². The number of rotatable bonds is 9. The molecule has 0 saturated carbocycles. The van der Waals surface area contributed by atoms with Gasteiger partial charge in [0.2, 0.25) is 15.9 Å². The monoisotopic (exact) mass is 457 g/mol. The first-order valence-corrected chi connectivity index (χ1v) is 11.8. The van der Waals surface area contributed by atoms with Gasteiger partial charge < -0.3 is 14.6 Å². The van der Waals surface area contributed by atoms with E-state index in [1.165, 1.54) is 16.4 Å². The summed E-state index contributed by atoms with van der Waals surface area (Å²) in [5.41, 5.74) is 1.59. The Bertz CT molecular complexity index is 1170. The van der Waals surface area contributed by atoms with Crippen LogP contribution in [0.4, 0.5) is 5.69 Å².